The zero-order valence-electron chi connectivity index (χ0n) is 12.0. The lowest BCUT2D eigenvalue weighted by atomic mass is 10.1. The summed E-state index contributed by atoms with van der Waals surface area (Å²) in [6.07, 6.45) is 0. The highest BCUT2D eigenvalue weighted by Gasteiger charge is 2.11. The molecule has 22 heavy (non-hydrogen) atoms. The fraction of sp³-hybridized carbons (Fsp3) is 0.125. The predicted octanol–water partition coefficient (Wildman–Crippen LogP) is 2.65. The van der Waals surface area contributed by atoms with E-state index in [1.807, 2.05) is 0 Å². The molecule has 114 valence electrons. The van der Waals surface area contributed by atoms with Crippen LogP contribution in [0, 0.1) is 0 Å². The number of carboxylic acid groups (broad SMARTS) is 1. The van der Waals surface area contributed by atoms with Crippen LogP contribution in [-0.4, -0.2) is 30.8 Å². The number of hydrogen-bond donors (Lipinski definition) is 3. The molecule has 0 aromatic heterocycles. The van der Waals surface area contributed by atoms with E-state index in [0.29, 0.717) is 16.9 Å². The first-order chi connectivity index (χ1) is 10.6. The molecule has 6 heteroatoms. The van der Waals surface area contributed by atoms with Gasteiger partial charge in [0.05, 0.1) is 36.3 Å². The number of ether oxygens (including phenoxy) is 1. The molecular weight excluding hydrogens is 284 g/mol. The summed E-state index contributed by atoms with van der Waals surface area (Å²) in [6.45, 7) is 0.262. The maximum Gasteiger partial charge on any atom is 0.339 e. The number of benzene rings is 2. The smallest absolute Gasteiger partial charge is 0.339 e. The van der Waals surface area contributed by atoms with Crippen molar-refractivity contribution in [3.8, 4) is 0 Å². The summed E-state index contributed by atoms with van der Waals surface area (Å²) in [5.74, 6) is -1.44. The molecule has 0 saturated heterocycles. The molecule has 2 rings (SSSR count). The van der Waals surface area contributed by atoms with E-state index in [-0.39, 0.29) is 12.2 Å². The van der Waals surface area contributed by atoms with E-state index in [1.54, 1.807) is 42.5 Å². The molecule has 0 fully saturated rings. The Balaban J connectivity index is 2.06. The molecule has 0 bridgehead atoms. The minimum atomic E-state index is -1.00. The van der Waals surface area contributed by atoms with E-state index < -0.39 is 11.9 Å². The highest BCUT2D eigenvalue weighted by molar-refractivity contribution is 5.96. The number of rotatable bonds is 6. The van der Waals surface area contributed by atoms with Crippen molar-refractivity contribution in [3.05, 3.63) is 59.7 Å². The van der Waals surface area contributed by atoms with Crippen LogP contribution >= 0.6 is 0 Å². The highest BCUT2D eigenvalue weighted by atomic mass is 16.5. The number of esters is 1. The van der Waals surface area contributed by atoms with Crippen LogP contribution in [0.15, 0.2) is 48.5 Å². The fourth-order valence-electron chi connectivity index (χ4n) is 1.98. The lowest BCUT2D eigenvalue weighted by molar-refractivity contribution is 0.0601. The Kier molecular flexibility index (Phi) is 4.98. The van der Waals surface area contributed by atoms with Crippen LogP contribution < -0.4 is 10.6 Å². The Morgan fingerprint density at radius 2 is 1.45 bits per heavy atom. The van der Waals surface area contributed by atoms with Crippen molar-refractivity contribution < 1.29 is 19.4 Å². The third-order valence-corrected chi connectivity index (χ3v) is 3.05. The molecule has 0 aliphatic rings. The summed E-state index contributed by atoms with van der Waals surface area (Å²) in [4.78, 5) is 22.8. The van der Waals surface area contributed by atoms with Crippen molar-refractivity contribution >= 4 is 23.3 Å². The second-order valence-electron chi connectivity index (χ2n) is 4.42. The van der Waals surface area contributed by atoms with E-state index in [0.717, 1.165) is 0 Å². The average molecular weight is 300 g/mol. The second-order valence-corrected chi connectivity index (χ2v) is 4.42. The van der Waals surface area contributed by atoms with Crippen LogP contribution in [0.25, 0.3) is 0 Å². The van der Waals surface area contributed by atoms with Crippen LogP contribution in [0.5, 0.6) is 0 Å². The molecule has 2 aromatic carbocycles. The summed E-state index contributed by atoms with van der Waals surface area (Å²) in [5.41, 5.74) is 1.71. The van der Waals surface area contributed by atoms with E-state index >= 15 is 0 Å². The molecule has 0 heterocycles. The molecule has 0 amide bonds. The number of carboxylic acids is 1. The van der Waals surface area contributed by atoms with Crippen LogP contribution in [0.3, 0.4) is 0 Å². The van der Waals surface area contributed by atoms with Gasteiger partial charge in [-0.05, 0) is 24.3 Å². The maximum absolute atomic E-state index is 11.7. The van der Waals surface area contributed by atoms with Gasteiger partial charge in [-0.2, -0.15) is 0 Å². The van der Waals surface area contributed by atoms with Crippen LogP contribution in [-0.2, 0) is 4.74 Å². The van der Waals surface area contributed by atoms with Crippen molar-refractivity contribution in [1.29, 1.82) is 0 Å². The van der Waals surface area contributed by atoms with Crippen LogP contribution in [0.2, 0.25) is 0 Å². The minimum Gasteiger partial charge on any atom is -0.478 e. The molecule has 0 unspecified atom stereocenters. The fourth-order valence-corrected chi connectivity index (χ4v) is 1.98. The number of aromatic carboxylic acids is 1. The summed E-state index contributed by atoms with van der Waals surface area (Å²) in [5, 5.41) is 15.1. The van der Waals surface area contributed by atoms with Gasteiger partial charge in [-0.3, -0.25) is 0 Å². The number of carbonyl (C=O) groups excluding carboxylic acids is 1. The first kappa shape index (κ1) is 15.4. The van der Waals surface area contributed by atoms with Gasteiger partial charge in [-0.25, -0.2) is 9.59 Å². The van der Waals surface area contributed by atoms with Gasteiger partial charge in [-0.1, -0.05) is 24.3 Å². The van der Waals surface area contributed by atoms with Gasteiger partial charge in [0.1, 0.15) is 0 Å². The monoisotopic (exact) mass is 300 g/mol. The Morgan fingerprint density at radius 3 is 2.00 bits per heavy atom. The molecule has 0 radical (unpaired) electrons. The number of nitrogens with one attached hydrogen (secondary N) is 2. The molecular formula is C16H16N2O4. The molecule has 0 atom stereocenters. The van der Waals surface area contributed by atoms with Gasteiger partial charge in [0.25, 0.3) is 0 Å². The normalized spacial score (nSPS) is 9.86. The number of anilines is 2. The third-order valence-electron chi connectivity index (χ3n) is 3.05. The quantitative estimate of drug-likeness (QED) is 0.561. The second kappa shape index (κ2) is 7.12. The molecule has 3 N–H and O–H groups in total. The maximum atomic E-state index is 11.7. The van der Waals surface area contributed by atoms with E-state index in [4.69, 9.17) is 9.84 Å². The molecule has 0 aliphatic heterocycles. The summed E-state index contributed by atoms with van der Waals surface area (Å²) in [6, 6.07) is 13.5. The third kappa shape index (κ3) is 3.54. The van der Waals surface area contributed by atoms with E-state index in [9.17, 15) is 9.59 Å². The van der Waals surface area contributed by atoms with Crippen molar-refractivity contribution in [2.24, 2.45) is 0 Å². The lowest BCUT2D eigenvalue weighted by Gasteiger charge is -2.13. The van der Waals surface area contributed by atoms with Crippen LogP contribution in [0.1, 0.15) is 20.7 Å². The van der Waals surface area contributed by atoms with E-state index in [2.05, 4.69) is 10.6 Å². The Labute approximate surface area is 127 Å². The summed E-state index contributed by atoms with van der Waals surface area (Å²) >= 11 is 0. The van der Waals surface area contributed by atoms with Crippen LogP contribution in [0.4, 0.5) is 11.4 Å². The zero-order valence-corrected chi connectivity index (χ0v) is 12.0. The standard InChI is InChI=1S/C16H16N2O4/c1-22-16(21)12-7-3-5-9-14(12)18-10-17-13-8-4-2-6-11(13)15(19)20/h2-9,17-18H,10H2,1H3,(H,19,20). The number of methoxy groups -OCH3 is 1. The van der Waals surface area contributed by atoms with Gasteiger partial charge < -0.3 is 20.5 Å². The number of carbonyl (C=O) groups is 2. The van der Waals surface area contributed by atoms with Crippen molar-refractivity contribution in [2.45, 2.75) is 0 Å². The van der Waals surface area contributed by atoms with Gasteiger partial charge in [0.2, 0.25) is 0 Å². The summed E-state index contributed by atoms with van der Waals surface area (Å²) < 4.78 is 4.72. The average Bonchev–Trinajstić information content (AvgIpc) is 2.55. The predicted molar refractivity (Wildman–Crippen MR) is 83.3 cm³/mol. The molecule has 0 saturated carbocycles. The Morgan fingerprint density at radius 1 is 0.955 bits per heavy atom. The van der Waals surface area contributed by atoms with Gasteiger partial charge in [-0.15, -0.1) is 0 Å². The minimum absolute atomic E-state index is 0.186. The van der Waals surface area contributed by atoms with Gasteiger partial charge >= 0.3 is 11.9 Å². The van der Waals surface area contributed by atoms with Crippen molar-refractivity contribution in [1.82, 2.24) is 0 Å². The summed E-state index contributed by atoms with van der Waals surface area (Å²) in [7, 11) is 1.32. The first-order valence-electron chi connectivity index (χ1n) is 6.61. The largest absolute Gasteiger partial charge is 0.478 e. The highest BCUT2D eigenvalue weighted by Crippen LogP contribution is 2.17. The Bertz CT molecular complexity index is 685. The molecule has 0 aliphatic carbocycles. The van der Waals surface area contributed by atoms with Crippen molar-refractivity contribution in [2.75, 3.05) is 24.4 Å². The number of hydrogen-bond acceptors (Lipinski definition) is 5. The lowest BCUT2D eigenvalue weighted by Crippen LogP contribution is -2.16. The SMILES string of the molecule is COC(=O)c1ccccc1NCNc1ccccc1C(=O)O. The van der Waals surface area contributed by atoms with Gasteiger partial charge in [0, 0.05) is 0 Å². The topological polar surface area (TPSA) is 87.7 Å². The van der Waals surface area contributed by atoms with Gasteiger partial charge in [0.15, 0.2) is 0 Å². The number of para-hydroxylation sites is 2. The first-order valence-corrected chi connectivity index (χ1v) is 6.61. The zero-order chi connectivity index (χ0) is 15.9. The van der Waals surface area contributed by atoms with E-state index in [1.165, 1.54) is 13.2 Å². The molecule has 0 spiro atoms. The molecule has 2 aromatic rings. The molecule has 6 nitrogen and oxygen atoms in total. The Hall–Kier alpha value is -3.02. The van der Waals surface area contributed by atoms with Crippen molar-refractivity contribution in [3.63, 3.8) is 0 Å².